The molecule has 0 saturated carbocycles. The lowest BCUT2D eigenvalue weighted by Crippen LogP contribution is -2.34. The number of carbonyl (C=O) groups excluding carboxylic acids is 1. The summed E-state index contributed by atoms with van der Waals surface area (Å²) in [6.45, 7) is 3.69. The van der Waals surface area contributed by atoms with Crippen LogP contribution in [-0.4, -0.2) is 30.1 Å². The third kappa shape index (κ3) is 3.86. The number of hydrogen-bond donors (Lipinski definition) is 3. The Balaban J connectivity index is 1.69. The van der Waals surface area contributed by atoms with E-state index >= 15 is 0 Å². The van der Waals surface area contributed by atoms with Crippen LogP contribution in [-0.2, 0) is 0 Å². The molecular formula is C17H19Cl2N3O2. The highest BCUT2D eigenvalue weighted by Crippen LogP contribution is 2.30. The van der Waals surface area contributed by atoms with Crippen molar-refractivity contribution in [3.63, 3.8) is 0 Å². The molecule has 0 bridgehead atoms. The zero-order chi connectivity index (χ0) is 17.1. The number of anilines is 1. The van der Waals surface area contributed by atoms with Gasteiger partial charge in [-0.05, 0) is 45.0 Å². The summed E-state index contributed by atoms with van der Waals surface area (Å²) in [5.74, 6) is 0.403. The highest BCUT2D eigenvalue weighted by molar-refractivity contribution is 6.44. The van der Waals surface area contributed by atoms with Crippen LogP contribution in [0.25, 0.3) is 0 Å². The summed E-state index contributed by atoms with van der Waals surface area (Å²) in [4.78, 5) is 15.3. The van der Waals surface area contributed by atoms with Gasteiger partial charge in [-0.2, -0.15) is 0 Å². The third-order valence-electron chi connectivity index (χ3n) is 3.96. The van der Waals surface area contributed by atoms with Crippen molar-refractivity contribution in [3.8, 4) is 5.75 Å². The summed E-state index contributed by atoms with van der Waals surface area (Å²) < 4.78 is 5.98. The first-order valence-electron chi connectivity index (χ1n) is 7.87. The number of nitrogens with one attached hydrogen (secondary N) is 3. The largest absolute Gasteiger partial charge is 0.490 e. The maximum Gasteiger partial charge on any atom is 0.273 e. The number of piperidine rings is 1. The van der Waals surface area contributed by atoms with Crippen molar-refractivity contribution in [1.29, 1.82) is 0 Å². The minimum Gasteiger partial charge on any atom is -0.490 e. The summed E-state index contributed by atoms with van der Waals surface area (Å²) in [6, 6.07) is 7.35. The van der Waals surface area contributed by atoms with Crippen LogP contribution in [0.3, 0.4) is 0 Å². The van der Waals surface area contributed by atoms with Crippen molar-refractivity contribution >= 4 is 34.8 Å². The van der Waals surface area contributed by atoms with Gasteiger partial charge in [0.25, 0.3) is 5.91 Å². The molecule has 0 aliphatic carbocycles. The first-order valence-corrected chi connectivity index (χ1v) is 8.62. The van der Waals surface area contributed by atoms with Gasteiger partial charge in [-0.25, -0.2) is 0 Å². The predicted molar refractivity (Wildman–Crippen MR) is 96.5 cm³/mol. The number of carbonyl (C=O) groups is 1. The monoisotopic (exact) mass is 367 g/mol. The number of amides is 1. The molecule has 0 spiro atoms. The number of aryl methyl sites for hydroxylation is 1. The van der Waals surface area contributed by atoms with Crippen LogP contribution in [0.2, 0.25) is 10.0 Å². The van der Waals surface area contributed by atoms with E-state index in [0.29, 0.717) is 16.4 Å². The summed E-state index contributed by atoms with van der Waals surface area (Å²) in [5.41, 5.74) is 1.56. The Morgan fingerprint density at radius 3 is 2.67 bits per heavy atom. The van der Waals surface area contributed by atoms with Crippen LogP contribution < -0.4 is 15.4 Å². The van der Waals surface area contributed by atoms with Crippen LogP contribution in [0, 0.1) is 6.92 Å². The normalized spacial score (nSPS) is 15.3. The van der Waals surface area contributed by atoms with Crippen molar-refractivity contribution in [2.24, 2.45) is 0 Å². The standard InChI is InChI=1S/C17H19Cl2N3O2/c1-10-14(18)15(19)16(21-10)17(23)22-11-3-2-4-13(9-11)24-12-5-7-20-8-6-12/h2-4,9,12,20-21H,5-8H2,1H3,(H,22,23). The Hall–Kier alpha value is -1.69. The van der Waals surface area contributed by atoms with Gasteiger partial charge >= 0.3 is 0 Å². The molecule has 5 nitrogen and oxygen atoms in total. The van der Waals surface area contributed by atoms with Gasteiger partial charge in [-0.15, -0.1) is 0 Å². The molecule has 1 aromatic heterocycles. The lowest BCUT2D eigenvalue weighted by molar-refractivity contribution is 0.102. The van der Waals surface area contributed by atoms with E-state index in [-0.39, 0.29) is 22.7 Å². The van der Waals surface area contributed by atoms with Gasteiger partial charge in [0.15, 0.2) is 0 Å². The van der Waals surface area contributed by atoms with Gasteiger partial charge in [-0.1, -0.05) is 29.3 Å². The molecule has 3 N–H and O–H groups in total. The number of rotatable bonds is 4. The molecule has 0 atom stereocenters. The van der Waals surface area contributed by atoms with Gasteiger partial charge in [-0.3, -0.25) is 4.79 Å². The summed E-state index contributed by atoms with van der Waals surface area (Å²) in [6.07, 6.45) is 2.16. The minimum absolute atomic E-state index is 0.205. The molecule has 1 amide bonds. The Morgan fingerprint density at radius 1 is 1.25 bits per heavy atom. The highest BCUT2D eigenvalue weighted by atomic mass is 35.5. The topological polar surface area (TPSA) is 66.2 Å². The van der Waals surface area contributed by atoms with Gasteiger partial charge in [0, 0.05) is 17.4 Å². The van der Waals surface area contributed by atoms with Crippen molar-refractivity contribution in [2.75, 3.05) is 18.4 Å². The smallest absolute Gasteiger partial charge is 0.273 e. The SMILES string of the molecule is Cc1[nH]c(C(=O)Nc2cccc(OC3CCNCC3)c2)c(Cl)c1Cl. The van der Waals surface area contributed by atoms with E-state index in [9.17, 15) is 4.79 Å². The van der Waals surface area contributed by atoms with E-state index < -0.39 is 0 Å². The number of ether oxygens (including phenoxy) is 1. The number of hydrogen-bond acceptors (Lipinski definition) is 3. The molecular weight excluding hydrogens is 349 g/mol. The minimum atomic E-state index is -0.339. The fraction of sp³-hybridized carbons (Fsp3) is 0.353. The molecule has 0 radical (unpaired) electrons. The van der Waals surface area contributed by atoms with Crippen molar-refractivity contribution < 1.29 is 9.53 Å². The zero-order valence-electron chi connectivity index (χ0n) is 13.3. The predicted octanol–water partition coefficient (Wildman–Crippen LogP) is 4.01. The lowest BCUT2D eigenvalue weighted by Gasteiger charge is -2.24. The van der Waals surface area contributed by atoms with Crippen LogP contribution >= 0.6 is 23.2 Å². The highest BCUT2D eigenvalue weighted by Gasteiger charge is 2.19. The quantitative estimate of drug-likeness (QED) is 0.764. The molecule has 1 saturated heterocycles. The fourth-order valence-electron chi connectivity index (χ4n) is 2.67. The molecule has 1 aliphatic rings. The number of aromatic amines is 1. The van der Waals surface area contributed by atoms with Gasteiger partial charge in [0.1, 0.15) is 17.5 Å². The Morgan fingerprint density at radius 2 is 2.00 bits per heavy atom. The molecule has 2 heterocycles. The average Bonchev–Trinajstić information content (AvgIpc) is 2.84. The second-order valence-corrected chi connectivity index (χ2v) is 6.56. The average molecular weight is 368 g/mol. The number of H-pyrrole nitrogens is 1. The molecule has 3 rings (SSSR count). The van der Waals surface area contributed by atoms with Gasteiger partial charge in [0.05, 0.1) is 10.0 Å². The second-order valence-electron chi connectivity index (χ2n) is 5.80. The van der Waals surface area contributed by atoms with E-state index in [1.807, 2.05) is 18.2 Å². The molecule has 1 aliphatic heterocycles. The Kier molecular flexibility index (Phi) is 5.33. The van der Waals surface area contributed by atoms with Gasteiger partial charge in [0.2, 0.25) is 0 Å². The number of benzene rings is 1. The van der Waals surface area contributed by atoms with Crippen molar-refractivity contribution in [2.45, 2.75) is 25.9 Å². The first-order chi connectivity index (χ1) is 11.5. The molecule has 0 unspecified atom stereocenters. The number of aromatic nitrogens is 1. The van der Waals surface area contributed by atoms with Crippen LogP contribution in [0.1, 0.15) is 29.0 Å². The van der Waals surface area contributed by atoms with E-state index in [1.165, 1.54) is 0 Å². The first kappa shape index (κ1) is 17.1. The summed E-state index contributed by atoms with van der Waals surface area (Å²) in [7, 11) is 0. The van der Waals surface area contributed by atoms with Gasteiger partial charge < -0.3 is 20.4 Å². The Labute approximate surface area is 150 Å². The van der Waals surface area contributed by atoms with E-state index in [1.54, 1.807) is 13.0 Å². The molecule has 1 fully saturated rings. The molecule has 1 aromatic carbocycles. The maximum absolute atomic E-state index is 12.4. The van der Waals surface area contributed by atoms with E-state index in [2.05, 4.69) is 15.6 Å². The van der Waals surface area contributed by atoms with E-state index in [0.717, 1.165) is 31.7 Å². The maximum atomic E-state index is 12.4. The second kappa shape index (κ2) is 7.47. The summed E-state index contributed by atoms with van der Waals surface area (Å²) in [5, 5.41) is 6.71. The number of halogens is 2. The van der Waals surface area contributed by atoms with Crippen LogP contribution in [0.5, 0.6) is 5.75 Å². The zero-order valence-corrected chi connectivity index (χ0v) is 14.8. The molecule has 7 heteroatoms. The lowest BCUT2D eigenvalue weighted by atomic mass is 10.1. The van der Waals surface area contributed by atoms with Crippen LogP contribution in [0.15, 0.2) is 24.3 Å². The summed E-state index contributed by atoms with van der Waals surface area (Å²) >= 11 is 12.1. The van der Waals surface area contributed by atoms with E-state index in [4.69, 9.17) is 27.9 Å². The molecule has 24 heavy (non-hydrogen) atoms. The molecule has 2 aromatic rings. The van der Waals surface area contributed by atoms with Crippen molar-refractivity contribution in [3.05, 3.63) is 45.7 Å². The van der Waals surface area contributed by atoms with Crippen LogP contribution in [0.4, 0.5) is 5.69 Å². The fourth-order valence-corrected chi connectivity index (χ4v) is 3.09. The van der Waals surface area contributed by atoms with Crippen molar-refractivity contribution in [1.82, 2.24) is 10.3 Å². The Bertz CT molecular complexity index is 739. The molecule has 128 valence electrons. The third-order valence-corrected chi connectivity index (χ3v) is 4.91.